The second-order valence-corrected chi connectivity index (χ2v) is 7.15. The Bertz CT molecular complexity index is 996. The maximum atomic E-state index is 12.7. The Balaban J connectivity index is 1.24. The molecule has 0 saturated carbocycles. The molecule has 0 bridgehead atoms. The van der Waals surface area contributed by atoms with Crippen molar-refractivity contribution in [2.24, 2.45) is 0 Å². The average molecular weight is 390 g/mol. The van der Waals surface area contributed by atoms with Gasteiger partial charge in [0.05, 0.1) is 55.8 Å². The highest BCUT2D eigenvalue weighted by molar-refractivity contribution is 5.88. The van der Waals surface area contributed by atoms with Gasteiger partial charge in [-0.05, 0) is 24.3 Å². The topological polar surface area (TPSA) is 75.5 Å². The lowest BCUT2D eigenvalue weighted by molar-refractivity contribution is 0.122. The van der Waals surface area contributed by atoms with Gasteiger partial charge in [-0.25, -0.2) is 14.5 Å². The number of para-hydroxylation sites is 1. The molecule has 8 heteroatoms. The number of benzene rings is 1. The Morgan fingerprint density at radius 1 is 0.966 bits per heavy atom. The smallest absolute Gasteiger partial charge is 0.323 e. The first kappa shape index (κ1) is 17.7. The van der Waals surface area contributed by atoms with Gasteiger partial charge in [0.25, 0.3) is 0 Å². The Morgan fingerprint density at radius 3 is 2.55 bits per heavy atom. The van der Waals surface area contributed by atoms with E-state index < -0.39 is 0 Å². The van der Waals surface area contributed by atoms with Crippen LogP contribution in [0.15, 0.2) is 54.9 Å². The Labute approximate surface area is 168 Å². The first-order valence-corrected chi connectivity index (χ1v) is 9.74. The number of fused-ring (bicyclic) bond motifs is 1. The SMILES string of the molecule is O=C(Nc1ccc(N2CCOCC2)cn1)N1Cc2cnn(-c3ccccc3)c2C1. The molecule has 2 aliphatic rings. The normalized spacial score (nSPS) is 16.0. The molecule has 2 aliphatic heterocycles. The van der Waals surface area contributed by atoms with Gasteiger partial charge in [-0.3, -0.25) is 5.32 Å². The van der Waals surface area contributed by atoms with E-state index in [-0.39, 0.29) is 6.03 Å². The van der Waals surface area contributed by atoms with Crippen molar-refractivity contribution in [3.8, 4) is 5.69 Å². The van der Waals surface area contributed by atoms with Crippen molar-refractivity contribution in [2.45, 2.75) is 13.1 Å². The van der Waals surface area contributed by atoms with Gasteiger partial charge < -0.3 is 14.5 Å². The second-order valence-electron chi connectivity index (χ2n) is 7.15. The van der Waals surface area contributed by atoms with Gasteiger partial charge in [0.15, 0.2) is 0 Å². The number of urea groups is 1. The number of nitrogens with zero attached hydrogens (tertiary/aromatic N) is 5. The highest BCUT2D eigenvalue weighted by Crippen LogP contribution is 2.25. The van der Waals surface area contributed by atoms with Crippen LogP contribution in [0.4, 0.5) is 16.3 Å². The fraction of sp³-hybridized carbons (Fsp3) is 0.286. The monoisotopic (exact) mass is 390 g/mol. The summed E-state index contributed by atoms with van der Waals surface area (Å²) in [6, 6.07) is 13.6. The molecule has 2 aromatic heterocycles. The number of pyridine rings is 1. The van der Waals surface area contributed by atoms with Crippen LogP contribution in [-0.2, 0) is 17.8 Å². The molecule has 0 spiro atoms. The largest absolute Gasteiger partial charge is 0.378 e. The highest BCUT2D eigenvalue weighted by atomic mass is 16.5. The van der Waals surface area contributed by atoms with Gasteiger partial charge in [-0.2, -0.15) is 5.10 Å². The molecule has 1 N–H and O–H groups in total. The summed E-state index contributed by atoms with van der Waals surface area (Å²) in [4.78, 5) is 21.1. The number of morpholine rings is 1. The number of anilines is 2. The summed E-state index contributed by atoms with van der Waals surface area (Å²) < 4.78 is 7.28. The minimum atomic E-state index is -0.160. The summed E-state index contributed by atoms with van der Waals surface area (Å²) in [7, 11) is 0. The predicted molar refractivity (Wildman–Crippen MR) is 109 cm³/mol. The Hall–Kier alpha value is -3.39. The minimum Gasteiger partial charge on any atom is -0.378 e. The van der Waals surface area contributed by atoms with Crippen molar-refractivity contribution < 1.29 is 9.53 Å². The van der Waals surface area contributed by atoms with E-state index in [0.717, 1.165) is 48.9 Å². The van der Waals surface area contributed by atoms with Crippen LogP contribution in [0, 0.1) is 0 Å². The summed E-state index contributed by atoms with van der Waals surface area (Å²) in [5.74, 6) is 0.549. The molecule has 5 rings (SSSR count). The van der Waals surface area contributed by atoms with Crippen LogP contribution in [0.5, 0.6) is 0 Å². The zero-order valence-electron chi connectivity index (χ0n) is 16.0. The first-order valence-electron chi connectivity index (χ1n) is 9.74. The number of nitrogens with one attached hydrogen (secondary N) is 1. The van der Waals surface area contributed by atoms with Crippen molar-refractivity contribution in [1.29, 1.82) is 0 Å². The van der Waals surface area contributed by atoms with E-state index in [1.54, 1.807) is 11.1 Å². The van der Waals surface area contributed by atoms with Crippen LogP contribution in [0.25, 0.3) is 5.69 Å². The first-order chi connectivity index (χ1) is 14.3. The van der Waals surface area contributed by atoms with Crippen molar-refractivity contribution in [2.75, 3.05) is 36.5 Å². The number of hydrogen-bond acceptors (Lipinski definition) is 5. The number of carbonyl (C=O) groups is 1. The molecule has 3 aromatic rings. The van der Waals surface area contributed by atoms with Gasteiger partial charge in [-0.1, -0.05) is 18.2 Å². The molecule has 0 atom stereocenters. The third-order valence-corrected chi connectivity index (χ3v) is 5.30. The summed E-state index contributed by atoms with van der Waals surface area (Å²) in [5, 5.41) is 7.37. The van der Waals surface area contributed by atoms with Gasteiger partial charge in [0, 0.05) is 18.7 Å². The Kier molecular flexibility index (Phi) is 4.61. The van der Waals surface area contributed by atoms with Crippen LogP contribution in [0.3, 0.4) is 0 Å². The molecular formula is C21H22N6O2. The van der Waals surface area contributed by atoms with Gasteiger partial charge in [-0.15, -0.1) is 0 Å². The molecular weight excluding hydrogens is 368 g/mol. The summed E-state index contributed by atoms with van der Waals surface area (Å²) in [5.41, 5.74) is 4.15. The van der Waals surface area contributed by atoms with Crippen molar-refractivity contribution in [1.82, 2.24) is 19.7 Å². The lowest BCUT2D eigenvalue weighted by atomic mass is 10.3. The number of ether oxygens (including phenoxy) is 1. The molecule has 29 heavy (non-hydrogen) atoms. The van der Waals surface area contributed by atoms with Crippen molar-refractivity contribution >= 4 is 17.5 Å². The van der Waals surface area contributed by atoms with Crippen LogP contribution < -0.4 is 10.2 Å². The van der Waals surface area contributed by atoms with E-state index in [9.17, 15) is 4.79 Å². The molecule has 1 saturated heterocycles. The number of rotatable bonds is 3. The number of carbonyl (C=O) groups excluding carboxylic acids is 1. The van der Waals surface area contributed by atoms with E-state index in [1.807, 2.05) is 53.3 Å². The van der Waals surface area contributed by atoms with Crippen LogP contribution in [0.1, 0.15) is 11.3 Å². The quantitative estimate of drug-likeness (QED) is 0.744. The minimum absolute atomic E-state index is 0.160. The standard InChI is InChI=1S/C21H22N6O2/c28-21(24-20-7-6-18(13-22-20)25-8-10-29-11-9-25)26-14-16-12-23-27(19(16)15-26)17-4-2-1-3-5-17/h1-7,12-13H,8-11,14-15H2,(H,22,24,28). The lowest BCUT2D eigenvalue weighted by Gasteiger charge is -2.28. The molecule has 0 radical (unpaired) electrons. The third kappa shape index (κ3) is 3.54. The van der Waals surface area contributed by atoms with E-state index in [2.05, 4.69) is 20.3 Å². The Morgan fingerprint density at radius 2 is 1.79 bits per heavy atom. The second kappa shape index (κ2) is 7.56. The van der Waals surface area contributed by atoms with Gasteiger partial charge in [0.1, 0.15) is 5.82 Å². The number of amides is 2. The zero-order chi connectivity index (χ0) is 19.6. The van der Waals surface area contributed by atoms with E-state index in [1.165, 1.54) is 0 Å². The van der Waals surface area contributed by atoms with Gasteiger partial charge >= 0.3 is 6.03 Å². The molecule has 8 nitrogen and oxygen atoms in total. The lowest BCUT2D eigenvalue weighted by Crippen LogP contribution is -2.36. The summed E-state index contributed by atoms with van der Waals surface area (Å²) in [6.45, 7) is 4.24. The molecule has 0 unspecified atom stereocenters. The molecule has 148 valence electrons. The van der Waals surface area contributed by atoms with E-state index >= 15 is 0 Å². The fourth-order valence-electron chi connectivity index (χ4n) is 3.74. The molecule has 1 aromatic carbocycles. The average Bonchev–Trinajstić information content (AvgIpc) is 3.37. The maximum absolute atomic E-state index is 12.7. The zero-order valence-corrected chi connectivity index (χ0v) is 16.0. The number of hydrogen-bond donors (Lipinski definition) is 1. The molecule has 4 heterocycles. The van der Waals surface area contributed by atoms with E-state index in [4.69, 9.17) is 4.74 Å². The molecule has 1 fully saturated rings. The van der Waals surface area contributed by atoms with Crippen LogP contribution in [0.2, 0.25) is 0 Å². The maximum Gasteiger partial charge on any atom is 0.323 e. The molecule has 0 aliphatic carbocycles. The van der Waals surface area contributed by atoms with Crippen molar-refractivity contribution in [3.05, 3.63) is 66.1 Å². The van der Waals surface area contributed by atoms with E-state index in [0.29, 0.717) is 18.9 Å². The van der Waals surface area contributed by atoms with Crippen molar-refractivity contribution in [3.63, 3.8) is 0 Å². The summed E-state index contributed by atoms with van der Waals surface area (Å²) in [6.07, 6.45) is 3.64. The van der Waals surface area contributed by atoms with Crippen LogP contribution >= 0.6 is 0 Å². The molecule has 2 amide bonds. The predicted octanol–water partition coefficient (Wildman–Crippen LogP) is 2.65. The highest BCUT2D eigenvalue weighted by Gasteiger charge is 2.28. The fourth-order valence-corrected chi connectivity index (χ4v) is 3.74. The third-order valence-electron chi connectivity index (χ3n) is 5.30. The van der Waals surface area contributed by atoms with Crippen LogP contribution in [-0.4, -0.2) is 52.0 Å². The number of aromatic nitrogens is 3. The van der Waals surface area contributed by atoms with Gasteiger partial charge in [0.2, 0.25) is 0 Å². The summed E-state index contributed by atoms with van der Waals surface area (Å²) >= 11 is 0.